The van der Waals surface area contributed by atoms with Gasteiger partial charge in [0.2, 0.25) is 5.78 Å². The maximum atomic E-state index is 10.3. The summed E-state index contributed by atoms with van der Waals surface area (Å²) in [5.41, 5.74) is 5.14. The first-order valence-electron chi connectivity index (χ1n) is 1.94. The Balaban J connectivity index is 3.35. The van der Waals surface area contributed by atoms with E-state index in [9.17, 15) is 4.57 Å². The third-order valence-corrected chi connectivity index (χ3v) is 1.54. The predicted octanol–water partition coefficient (Wildman–Crippen LogP) is 0.680. The van der Waals surface area contributed by atoms with E-state index in [1.54, 1.807) is 6.92 Å². The molecule has 0 aromatic heterocycles. The van der Waals surface area contributed by atoms with Gasteiger partial charge < -0.3 is 0 Å². The van der Waals surface area contributed by atoms with Gasteiger partial charge in [0.15, 0.2) is 0 Å². The molecule has 7 heavy (non-hydrogen) atoms. The Morgan fingerprint density at radius 1 is 1.86 bits per heavy atom. The predicted molar refractivity (Wildman–Crippen MR) is 28.3 cm³/mol. The van der Waals surface area contributed by atoms with E-state index in [1.165, 1.54) is 7.11 Å². The van der Waals surface area contributed by atoms with Gasteiger partial charge in [-0.1, -0.05) is 0 Å². The van der Waals surface area contributed by atoms with Crippen molar-refractivity contribution in [1.82, 2.24) is 0 Å². The summed E-state index contributed by atoms with van der Waals surface area (Å²) < 4.78 is 14.7. The molecule has 0 aliphatic rings. The third-order valence-electron chi connectivity index (χ3n) is 0.512. The molecule has 2 atom stereocenters. The zero-order valence-electron chi connectivity index (χ0n) is 4.42. The molecule has 0 spiro atoms. The standard InChI is InChI=1S/C3H9NO2P/c1-3(4)7(5)6-2/h3H,4H2,1-2H3/q+1/t3-/m1/s1. The largest absolute Gasteiger partial charge is 0.526 e. The maximum absolute atomic E-state index is 10.3. The molecule has 0 saturated heterocycles. The summed E-state index contributed by atoms with van der Waals surface area (Å²) in [5.74, 6) is -0.347. The van der Waals surface area contributed by atoms with Crippen LogP contribution in [0.5, 0.6) is 0 Å². The highest BCUT2D eigenvalue weighted by Crippen LogP contribution is 2.22. The minimum atomic E-state index is -1.61. The fourth-order valence-electron chi connectivity index (χ4n) is 0.166. The Labute approximate surface area is 43.7 Å². The van der Waals surface area contributed by atoms with Crippen LogP contribution in [0.25, 0.3) is 0 Å². The highest BCUT2D eigenvalue weighted by Gasteiger charge is 2.20. The first-order chi connectivity index (χ1) is 3.18. The van der Waals surface area contributed by atoms with Gasteiger partial charge in [-0.3, -0.25) is 5.73 Å². The summed E-state index contributed by atoms with van der Waals surface area (Å²) in [7, 11) is -0.233. The van der Waals surface area contributed by atoms with Crippen LogP contribution in [0, 0.1) is 0 Å². The van der Waals surface area contributed by atoms with Crippen LogP contribution >= 0.6 is 8.03 Å². The second-order valence-electron chi connectivity index (χ2n) is 1.21. The van der Waals surface area contributed by atoms with E-state index in [2.05, 4.69) is 4.52 Å². The Hall–Kier alpha value is 0.0200. The first kappa shape index (κ1) is 7.02. The van der Waals surface area contributed by atoms with Gasteiger partial charge in [0.05, 0.1) is 7.11 Å². The van der Waals surface area contributed by atoms with Crippen LogP contribution in [0.1, 0.15) is 6.92 Å². The van der Waals surface area contributed by atoms with Crippen molar-refractivity contribution >= 4 is 8.03 Å². The monoisotopic (exact) mass is 122 g/mol. The molecular weight excluding hydrogens is 113 g/mol. The molecule has 3 nitrogen and oxygen atoms in total. The Bertz CT molecular complexity index is 73.3. The minimum Gasteiger partial charge on any atom is -0.285 e. The quantitative estimate of drug-likeness (QED) is 0.548. The lowest BCUT2D eigenvalue weighted by Gasteiger charge is -1.81. The molecule has 0 amide bonds. The Kier molecular flexibility index (Phi) is 3.09. The molecule has 2 N–H and O–H groups in total. The average Bonchev–Trinajstić information content (AvgIpc) is 1.65. The minimum absolute atomic E-state index is 0.347. The highest BCUT2D eigenvalue weighted by atomic mass is 31.1. The van der Waals surface area contributed by atoms with Crippen LogP contribution in [0.3, 0.4) is 0 Å². The Morgan fingerprint density at radius 2 is 2.29 bits per heavy atom. The molecular formula is C3H9NO2P+. The molecule has 0 radical (unpaired) electrons. The second kappa shape index (κ2) is 3.08. The van der Waals surface area contributed by atoms with Gasteiger partial charge in [-0.2, -0.15) is 0 Å². The lowest BCUT2D eigenvalue weighted by Crippen LogP contribution is -2.09. The SMILES string of the molecule is CO[P+](=O)[C@H](C)N. The van der Waals surface area contributed by atoms with Gasteiger partial charge >= 0.3 is 8.03 Å². The van der Waals surface area contributed by atoms with Crippen molar-refractivity contribution in [1.29, 1.82) is 0 Å². The zero-order chi connectivity index (χ0) is 5.86. The summed E-state index contributed by atoms with van der Waals surface area (Å²) in [6, 6.07) is 0. The van der Waals surface area contributed by atoms with Crippen molar-refractivity contribution < 1.29 is 9.09 Å². The van der Waals surface area contributed by atoms with Crippen LogP contribution in [-0.2, 0) is 9.09 Å². The second-order valence-corrected chi connectivity index (χ2v) is 2.96. The lowest BCUT2D eigenvalue weighted by molar-refractivity contribution is 0.407. The van der Waals surface area contributed by atoms with Crippen molar-refractivity contribution in [3.05, 3.63) is 0 Å². The van der Waals surface area contributed by atoms with Crippen LogP contribution in [-0.4, -0.2) is 12.9 Å². The molecule has 42 valence electrons. The lowest BCUT2D eigenvalue weighted by atomic mass is 10.8. The van der Waals surface area contributed by atoms with Crippen molar-refractivity contribution in [2.75, 3.05) is 7.11 Å². The van der Waals surface area contributed by atoms with Gasteiger partial charge in [-0.15, -0.1) is 4.52 Å². The van der Waals surface area contributed by atoms with Gasteiger partial charge in [0.1, 0.15) is 0 Å². The molecule has 1 unspecified atom stereocenters. The average molecular weight is 122 g/mol. The van der Waals surface area contributed by atoms with Crippen LogP contribution in [0.4, 0.5) is 0 Å². The summed E-state index contributed by atoms with van der Waals surface area (Å²) in [6.07, 6.45) is 0. The maximum Gasteiger partial charge on any atom is 0.526 e. The third kappa shape index (κ3) is 2.68. The number of hydrogen-bond acceptors (Lipinski definition) is 3. The van der Waals surface area contributed by atoms with Crippen LogP contribution in [0.2, 0.25) is 0 Å². The van der Waals surface area contributed by atoms with Gasteiger partial charge in [-0.25, -0.2) is 0 Å². The molecule has 0 rings (SSSR count). The zero-order valence-corrected chi connectivity index (χ0v) is 5.31. The van der Waals surface area contributed by atoms with Crippen molar-refractivity contribution in [2.24, 2.45) is 5.73 Å². The summed E-state index contributed by atoms with van der Waals surface area (Å²) >= 11 is 0. The molecule has 0 bridgehead atoms. The molecule has 0 aromatic rings. The summed E-state index contributed by atoms with van der Waals surface area (Å²) in [4.78, 5) is 0. The molecule has 0 fully saturated rings. The molecule has 4 heteroatoms. The first-order valence-corrected chi connectivity index (χ1v) is 3.19. The fraction of sp³-hybridized carbons (Fsp3) is 1.00. The highest BCUT2D eigenvalue weighted by molar-refractivity contribution is 7.39. The van der Waals surface area contributed by atoms with Crippen LogP contribution < -0.4 is 5.73 Å². The molecule has 0 heterocycles. The Morgan fingerprint density at radius 3 is 2.29 bits per heavy atom. The van der Waals surface area contributed by atoms with Gasteiger partial charge in [-0.05, 0) is 11.5 Å². The number of rotatable bonds is 2. The van der Waals surface area contributed by atoms with E-state index in [1.807, 2.05) is 0 Å². The normalized spacial score (nSPS) is 16.1. The van der Waals surface area contributed by atoms with E-state index < -0.39 is 8.03 Å². The topological polar surface area (TPSA) is 52.3 Å². The number of hydrogen-bond donors (Lipinski definition) is 1. The summed E-state index contributed by atoms with van der Waals surface area (Å²) in [6.45, 7) is 1.64. The number of nitrogens with two attached hydrogens (primary N) is 1. The smallest absolute Gasteiger partial charge is 0.285 e. The molecule has 0 saturated carbocycles. The van der Waals surface area contributed by atoms with Crippen molar-refractivity contribution in [3.8, 4) is 0 Å². The van der Waals surface area contributed by atoms with Crippen molar-refractivity contribution in [2.45, 2.75) is 12.7 Å². The van der Waals surface area contributed by atoms with E-state index >= 15 is 0 Å². The molecule has 0 aliphatic heterocycles. The van der Waals surface area contributed by atoms with Gasteiger partial charge in [0.25, 0.3) is 0 Å². The van der Waals surface area contributed by atoms with Gasteiger partial charge in [0, 0.05) is 0 Å². The van der Waals surface area contributed by atoms with Crippen LogP contribution in [0.15, 0.2) is 0 Å². The van der Waals surface area contributed by atoms with E-state index in [-0.39, 0.29) is 5.78 Å². The fourth-order valence-corrected chi connectivity index (χ4v) is 0.499. The molecule has 0 aliphatic carbocycles. The van der Waals surface area contributed by atoms with E-state index in [4.69, 9.17) is 5.73 Å². The van der Waals surface area contributed by atoms with E-state index in [0.717, 1.165) is 0 Å². The molecule has 0 aromatic carbocycles. The van der Waals surface area contributed by atoms with E-state index in [0.29, 0.717) is 0 Å². The van der Waals surface area contributed by atoms with Crippen molar-refractivity contribution in [3.63, 3.8) is 0 Å². The summed E-state index contributed by atoms with van der Waals surface area (Å²) in [5, 5.41) is 0.